The second-order valence-electron chi connectivity index (χ2n) is 3.81. The van der Waals surface area contributed by atoms with E-state index in [2.05, 4.69) is 17.3 Å². The SMILES string of the molecule is CCNCc1ccn(CCOCCCOC)n1. The molecule has 1 heterocycles. The van der Waals surface area contributed by atoms with Gasteiger partial charge in [0.1, 0.15) is 0 Å². The Balaban J connectivity index is 2.08. The maximum Gasteiger partial charge on any atom is 0.0762 e. The summed E-state index contributed by atoms with van der Waals surface area (Å²) in [5, 5.41) is 7.68. The molecule has 98 valence electrons. The first-order chi connectivity index (χ1) is 8.36. The topological polar surface area (TPSA) is 48.3 Å². The Morgan fingerprint density at radius 2 is 2.24 bits per heavy atom. The maximum absolute atomic E-state index is 5.47. The van der Waals surface area contributed by atoms with Crippen molar-refractivity contribution in [2.75, 3.05) is 33.5 Å². The lowest BCUT2D eigenvalue weighted by Gasteiger charge is -2.04. The summed E-state index contributed by atoms with van der Waals surface area (Å²) >= 11 is 0. The molecule has 0 aliphatic carbocycles. The Morgan fingerprint density at radius 1 is 1.35 bits per heavy atom. The van der Waals surface area contributed by atoms with Crippen molar-refractivity contribution in [2.45, 2.75) is 26.4 Å². The smallest absolute Gasteiger partial charge is 0.0762 e. The molecule has 5 heteroatoms. The standard InChI is InChI=1S/C12H23N3O2/c1-3-13-11-12-5-6-15(14-12)7-10-17-9-4-8-16-2/h5-6,13H,3-4,7-11H2,1-2H3. The molecule has 1 rings (SSSR count). The zero-order valence-electron chi connectivity index (χ0n) is 10.8. The van der Waals surface area contributed by atoms with Crippen molar-refractivity contribution in [1.82, 2.24) is 15.1 Å². The van der Waals surface area contributed by atoms with Gasteiger partial charge in [0.05, 0.1) is 18.8 Å². The Morgan fingerprint density at radius 3 is 3.00 bits per heavy atom. The number of methoxy groups -OCH3 is 1. The van der Waals surface area contributed by atoms with E-state index in [1.165, 1.54) is 0 Å². The first kappa shape index (κ1) is 14.2. The summed E-state index contributed by atoms with van der Waals surface area (Å²) in [7, 11) is 1.70. The molecule has 0 aliphatic rings. The Labute approximate surface area is 103 Å². The van der Waals surface area contributed by atoms with Gasteiger partial charge in [-0.25, -0.2) is 0 Å². The number of hydrogen-bond donors (Lipinski definition) is 1. The molecule has 0 fully saturated rings. The monoisotopic (exact) mass is 241 g/mol. The van der Waals surface area contributed by atoms with Crippen LogP contribution in [0.5, 0.6) is 0 Å². The highest BCUT2D eigenvalue weighted by molar-refractivity contribution is 4.98. The normalized spacial score (nSPS) is 10.9. The van der Waals surface area contributed by atoms with E-state index in [1.807, 2.05) is 16.9 Å². The summed E-state index contributed by atoms with van der Waals surface area (Å²) in [5.41, 5.74) is 1.08. The largest absolute Gasteiger partial charge is 0.385 e. The lowest BCUT2D eigenvalue weighted by atomic mass is 10.4. The first-order valence-electron chi connectivity index (χ1n) is 6.16. The summed E-state index contributed by atoms with van der Waals surface area (Å²) in [6.45, 7) is 6.90. The van der Waals surface area contributed by atoms with Crippen LogP contribution >= 0.6 is 0 Å². The van der Waals surface area contributed by atoms with Crippen LogP contribution in [-0.4, -0.2) is 43.3 Å². The Kier molecular flexibility index (Phi) is 7.62. The Bertz CT molecular complexity index is 289. The van der Waals surface area contributed by atoms with Crippen LogP contribution in [0.2, 0.25) is 0 Å². The molecule has 0 amide bonds. The molecule has 0 aromatic carbocycles. The number of rotatable bonds is 10. The van der Waals surface area contributed by atoms with E-state index in [-0.39, 0.29) is 0 Å². The van der Waals surface area contributed by atoms with Crippen molar-refractivity contribution in [1.29, 1.82) is 0 Å². The molecule has 0 saturated carbocycles. The number of ether oxygens (including phenoxy) is 2. The van der Waals surface area contributed by atoms with Crippen molar-refractivity contribution in [3.8, 4) is 0 Å². The van der Waals surface area contributed by atoms with Crippen molar-refractivity contribution >= 4 is 0 Å². The van der Waals surface area contributed by atoms with E-state index in [0.29, 0.717) is 6.61 Å². The van der Waals surface area contributed by atoms with Gasteiger partial charge in [0.2, 0.25) is 0 Å². The third-order valence-electron chi connectivity index (χ3n) is 2.35. The molecule has 17 heavy (non-hydrogen) atoms. The van der Waals surface area contributed by atoms with Gasteiger partial charge in [0.15, 0.2) is 0 Å². The van der Waals surface area contributed by atoms with Gasteiger partial charge in [-0.15, -0.1) is 0 Å². The summed E-state index contributed by atoms with van der Waals surface area (Å²) in [5.74, 6) is 0. The molecular weight excluding hydrogens is 218 g/mol. The predicted molar refractivity (Wildman–Crippen MR) is 66.9 cm³/mol. The second kappa shape index (κ2) is 9.15. The van der Waals surface area contributed by atoms with Crippen LogP contribution in [0.15, 0.2) is 12.3 Å². The molecule has 0 aliphatic heterocycles. The lowest BCUT2D eigenvalue weighted by molar-refractivity contribution is 0.0960. The quantitative estimate of drug-likeness (QED) is 0.622. The average Bonchev–Trinajstić information content (AvgIpc) is 2.79. The predicted octanol–water partition coefficient (Wildman–Crippen LogP) is 1.05. The second-order valence-corrected chi connectivity index (χ2v) is 3.81. The third-order valence-corrected chi connectivity index (χ3v) is 2.35. The van der Waals surface area contributed by atoms with Crippen LogP contribution < -0.4 is 5.32 Å². The third kappa shape index (κ3) is 6.41. The molecule has 0 spiro atoms. The van der Waals surface area contributed by atoms with Crippen LogP contribution in [-0.2, 0) is 22.6 Å². The lowest BCUT2D eigenvalue weighted by Crippen LogP contribution is -2.13. The van der Waals surface area contributed by atoms with Gasteiger partial charge in [0, 0.05) is 33.1 Å². The van der Waals surface area contributed by atoms with Crippen molar-refractivity contribution < 1.29 is 9.47 Å². The van der Waals surface area contributed by atoms with Gasteiger partial charge in [-0.2, -0.15) is 5.10 Å². The minimum atomic E-state index is 0.700. The van der Waals surface area contributed by atoms with Crippen molar-refractivity contribution in [3.63, 3.8) is 0 Å². The molecule has 1 aromatic rings. The van der Waals surface area contributed by atoms with Crippen LogP contribution in [0.25, 0.3) is 0 Å². The van der Waals surface area contributed by atoms with E-state index >= 15 is 0 Å². The van der Waals surface area contributed by atoms with E-state index < -0.39 is 0 Å². The van der Waals surface area contributed by atoms with E-state index in [9.17, 15) is 0 Å². The fourth-order valence-electron chi connectivity index (χ4n) is 1.44. The van der Waals surface area contributed by atoms with E-state index in [1.54, 1.807) is 7.11 Å². The summed E-state index contributed by atoms with van der Waals surface area (Å²) in [6, 6.07) is 2.04. The van der Waals surface area contributed by atoms with Crippen LogP contribution in [0.3, 0.4) is 0 Å². The molecule has 1 N–H and O–H groups in total. The fraction of sp³-hybridized carbons (Fsp3) is 0.750. The Hall–Kier alpha value is -0.910. The highest BCUT2D eigenvalue weighted by atomic mass is 16.5. The van der Waals surface area contributed by atoms with E-state index in [0.717, 1.165) is 45.0 Å². The zero-order valence-corrected chi connectivity index (χ0v) is 10.8. The highest BCUT2D eigenvalue weighted by Crippen LogP contribution is 1.95. The molecule has 0 saturated heterocycles. The van der Waals surface area contributed by atoms with Gasteiger partial charge in [0.25, 0.3) is 0 Å². The van der Waals surface area contributed by atoms with Gasteiger partial charge < -0.3 is 14.8 Å². The number of aromatic nitrogens is 2. The zero-order chi connectivity index (χ0) is 12.3. The molecule has 0 atom stereocenters. The molecule has 0 unspecified atom stereocenters. The van der Waals surface area contributed by atoms with E-state index in [4.69, 9.17) is 9.47 Å². The van der Waals surface area contributed by atoms with Gasteiger partial charge >= 0.3 is 0 Å². The molecule has 1 aromatic heterocycles. The minimum absolute atomic E-state index is 0.700. The summed E-state index contributed by atoms with van der Waals surface area (Å²) in [6.07, 6.45) is 2.94. The summed E-state index contributed by atoms with van der Waals surface area (Å²) < 4.78 is 12.3. The first-order valence-corrected chi connectivity index (χ1v) is 6.16. The number of hydrogen-bond acceptors (Lipinski definition) is 4. The highest BCUT2D eigenvalue weighted by Gasteiger charge is 1.98. The minimum Gasteiger partial charge on any atom is -0.385 e. The maximum atomic E-state index is 5.47. The number of nitrogens with zero attached hydrogens (tertiary/aromatic N) is 2. The molecule has 0 radical (unpaired) electrons. The van der Waals surface area contributed by atoms with Crippen LogP contribution in [0, 0.1) is 0 Å². The van der Waals surface area contributed by atoms with Crippen LogP contribution in [0.4, 0.5) is 0 Å². The van der Waals surface area contributed by atoms with Crippen LogP contribution in [0.1, 0.15) is 19.0 Å². The molecule has 0 bridgehead atoms. The van der Waals surface area contributed by atoms with Gasteiger partial charge in [-0.3, -0.25) is 4.68 Å². The molecule has 5 nitrogen and oxygen atoms in total. The molecular formula is C12H23N3O2. The van der Waals surface area contributed by atoms with Crippen molar-refractivity contribution in [2.24, 2.45) is 0 Å². The van der Waals surface area contributed by atoms with Crippen molar-refractivity contribution in [3.05, 3.63) is 18.0 Å². The van der Waals surface area contributed by atoms with Gasteiger partial charge in [-0.05, 0) is 19.0 Å². The fourth-order valence-corrected chi connectivity index (χ4v) is 1.44. The summed E-state index contributed by atoms with van der Waals surface area (Å²) in [4.78, 5) is 0. The average molecular weight is 241 g/mol. The van der Waals surface area contributed by atoms with Gasteiger partial charge in [-0.1, -0.05) is 6.92 Å². The number of nitrogens with one attached hydrogen (secondary N) is 1.